The average Bonchev–Trinajstić information content (AvgIpc) is 2.85. The molecule has 0 aromatic carbocycles. The number of nitrogens with one attached hydrogen (secondary N) is 2. The normalized spacial score (nSPS) is 30.1. The number of ether oxygens (including phenoxy) is 1. The summed E-state index contributed by atoms with van der Waals surface area (Å²) in [6, 6.07) is 0.804. The van der Waals surface area contributed by atoms with Crippen LogP contribution in [-0.4, -0.2) is 37.2 Å². The van der Waals surface area contributed by atoms with Crippen LogP contribution in [0.15, 0.2) is 0 Å². The Balaban J connectivity index is 1.67. The van der Waals surface area contributed by atoms with Crippen molar-refractivity contribution < 1.29 is 9.53 Å². The first-order chi connectivity index (χ1) is 9.04. The standard InChI is InChI=1S/C15H28N2O2/c1-4-19-13-9-12(15(13,2)3)16-10-14(18)17-11-7-5-6-8-11/h11-13,16H,4-10H2,1-3H3,(H,17,18). The summed E-state index contributed by atoms with van der Waals surface area (Å²) in [4.78, 5) is 11.9. The van der Waals surface area contributed by atoms with Crippen molar-refractivity contribution in [3.05, 3.63) is 0 Å². The molecule has 2 fully saturated rings. The number of carbonyl (C=O) groups excluding carboxylic acids is 1. The molecule has 0 heterocycles. The van der Waals surface area contributed by atoms with E-state index in [1.54, 1.807) is 0 Å². The van der Waals surface area contributed by atoms with E-state index < -0.39 is 0 Å². The van der Waals surface area contributed by atoms with Gasteiger partial charge < -0.3 is 15.4 Å². The topological polar surface area (TPSA) is 50.4 Å². The maximum atomic E-state index is 11.9. The van der Waals surface area contributed by atoms with Gasteiger partial charge in [0.15, 0.2) is 0 Å². The van der Waals surface area contributed by atoms with E-state index >= 15 is 0 Å². The van der Waals surface area contributed by atoms with Gasteiger partial charge in [0.05, 0.1) is 12.6 Å². The Hall–Kier alpha value is -0.610. The minimum absolute atomic E-state index is 0.129. The predicted molar refractivity (Wildman–Crippen MR) is 76.0 cm³/mol. The highest BCUT2D eigenvalue weighted by molar-refractivity contribution is 5.78. The molecule has 0 radical (unpaired) electrons. The van der Waals surface area contributed by atoms with Crippen molar-refractivity contribution >= 4 is 5.91 Å². The monoisotopic (exact) mass is 268 g/mol. The second-order valence-electron chi connectivity index (χ2n) is 6.48. The van der Waals surface area contributed by atoms with Gasteiger partial charge in [0, 0.05) is 24.1 Å². The van der Waals surface area contributed by atoms with Crippen LogP contribution in [0.2, 0.25) is 0 Å². The van der Waals surface area contributed by atoms with E-state index in [-0.39, 0.29) is 11.3 Å². The van der Waals surface area contributed by atoms with E-state index in [9.17, 15) is 4.79 Å². The van der Waals surface area contributed by atoms with Crippen molar-refractivity contribution in [2.45, 2.75) is 71.1 Å². The Morgan fingerprint density at radius 2 is 2.00 bits per heavy atom. The van der Waals surface area contributed by atoms with Gasteiger partial charge in [-0.25, -0.2) is 0 Å². The van der Waals surface area contributed by atoms with E-state index in [1.165, 1.54) is 12.8 Å². The summed E-state index contributed by atoms with van der Waals surface area (Å²) in [6.07, 6.45) is 6.14. The zero-order valence-corrected chi connectivity index (χ0v) is 12.5. The summed E-state index contributed by atoms with van der Waals surface area (Å²) < 4.78 is 5.70. The molecule has 2 aliphatic carbocycles. The first kappa shape index (κ1) is 14.8. The Morgan fingerprint density at radius 3 is 2.58 bits per heavy atom. The van der Waals surface area contributed by atoms with E-state index in [1.807, 2.05) is 6.92 Å². The fourth-order valence-corrected chi connectivity index (χ4v) is 3.28. The lowest BCUT2D eigenvalue weighted by Gasteiger charge is -2.51. The molecule has 2 saturated carbocycles. The second-order valence-corrected chi connectivity index (χ2v) is 6.48. The molecule has 4 nitrogen and oxygen atoms in total. The highest BCUT2D eigenvalue weighted by Gasteiger charge is 2.48. The van der Waals surface area contributed by atoms with Crippen molar-refractivity contribution in [1.29, 1.82) is 0 Å². The summed E-state index contributed by atoms with van der Waals surface area (Å²) >= 11 is 0. The molecule has 0 aromatic rings. The molecule has 2 rings (SSSR count). The van der Waals surface area contributed by atoms with Gasteiger partial charge in [-0.15, -0.1) is 0 Å². The van der Waals surface area contributed by atoms with Crippen LogP contribution in [0.25, 0.3) is 0 Å². The molecule has 0 aromatic heterocycles. The summed E-state index contributed by atoms with van der Waals surface area (Å²) in [5.74, 6) is 0.141. The van der Waals surface area contributed by atoms with Gasteiger partial charge in [0.2, 0.25) is 5.91 Å². The minimum Gasteiger partial charge on any atom is -0.378 e. The maximum absolute atomic E-state index is 11.9. The third kappa shape index (κ3) is 3.48. The molecule has 19 heavy (non-hydrogen) atoms. The Kier molecular flexibility index (Phi) is 4.85. The van der Waals surface area contributed by atoms with Crippen molar-refractivity contribution in [2.75, 3.05) is 13.2 Å². The van der Waals surface area contributed by atoms with Crippen molar-refractivity contribution in [3.63, 3.8) is 0 Å². The van der Waals surface area contributed by atoms with Crippen LogP contribution in [0.5, 0.6) is 0 Å². The van der Waals surface area contributed by atoms with Crippen LogP contribution >= 0.6 is 0 Å². The molecule has 2 atom stereocenters. The number of carbonyl (C=O) groups is 1. The lowest BCUT2D eigenvalue weighted by atomic mass is 9.64. The van der Waals surface area contributed by atoms with Gasteiger partial charge in [0.1, 0.15) is 0 Å². The molecule has 0 bridgehead atoms. The molecule has 0 spiro atoms. The largest absolute Gasteiger partial charge is 0.378 e. The summed E-state index contributed by atoms with van der Waals surface area (Å²) in [5.41, 5.74) is 0.129. The highest BCUT2D eigenvalue weighted by atomic mass is 16.5. The van der Waals surface area contributed by atoms with Crippen LogP contribution in [0, 0.1) is 5.41 Å². The number of hydrogen-bond donors (Lipinski definition) is 2. The van der Waals surface area contributed by atoms with Gasteiger partial charge in [0.25, 0.3) is 0 Å². The first-order valence-corrected chi connectivity index (χ1v) is 7.68. The third-order valence-electron chi connectivity index (χ3n) is 4.77. The van der Waals surface area contributed by atoms with Gasteiger partial charge in [-0.2, -0.15) is 0 Å². The van der Waals surface area contributed by atoms with Crippen molar-refractivity contribution in [1.82, 2.24) is 10.6 Å². The third-order valence-corrected chi connectivity index (χ3v) is 4.77. The molecule has 2 unspecified atom stereocenters. The van der Waals surface area contributed by atoms with Gasteiger partial charge in [-0.05, 0) is 26.2 Å². The maximum Gasteiger partial charge on any atom is 0.234 e. The number of amides is 1. The summed E-state index contributed by atoms with van der Waals surface area (Å²) in [5, 5.41) is 6.49. The van der Waals surface area contributed by atoms with Crippen LogP contribution in [0.1, 0.15) is 52.9 Å². The average molecular weight is 268 g/mol. The van der Waals surface area contributed by atoms with E-state index in [4.69, 9.17) is 4.74 Å². The smallest absolute Gasteiger partial charge is 0.234 e. The zero-order chi connectivity index (χ0) is 13.9. The number of rotatable bonds is 6. The molecule has 110 valence electrons. The fraction of sp³-hybridized carbons (Fsp3) is 0.933. The molecular formula is C15H28N2O2. The minimum atomic E-state index is 0.129. The fourth-order valence-electron chi connectivity index (χ4n) is 3.28. The lowest BCUT2D eigenvalue weighted by Crippen LogP contribution is -2.62. The zero-order valence-electron chi connectivity index (χ0n) is 12.5. The van der Waals surface area contributed by atoms with E-state index in [2.05, 4.69) is 24.5 Å². The van der Waals surface area contributed by atoms with Gasteiger partial charge in [-0.1, -0.05) is 26.7 Å². The molecule has 1 amide bonds. The van der Waals surface area contributed by atoms with E-state index in [0.29, 0.717) is 24.7 Å². The van der Waals surface area contributed by atoms with Crippen molar-refractivity contribution in [3.8, 4) is 0 Å². The molecule has 2 N–H and O–H groups in total. The molecule has 0 saturated heterocycles. The predicted octanol–water partition coefficient (Wildman–Crippen LogP) is 1.84. The van der Waals surface area contributed by atoms with Gasteiger partial charge in [-0.3, -0.25) is 4.79 Å². The molecular weight excluding hydrogens is 240 g/mol. The Labute approximate surface area is 116 Å². The van der Waals surface area contributed by atoms with Gasteiger partial charge >= 0.3 is 0 Å². The van der Waals surface area contributed by atoms with Crippen LogP contribution in [0.4, 0.5) is 0 Å². The number of hydrogen-bond acceptors (Lipinski definition) is 3. The van der Waals surface area contributed by atoms with Crippen LogP contribution in [0.3, 0.4) is 0 Å². The van der Waals surface area contributed by atoms with Crippen molar-refractivity contribution in [2.24, 2.45) is 5.41 Å². The Morgan fingerprint density at radius 1 is 1.32 bits per heavy atom. The Bertz CT molecular complexity index is 311. The first-order valence-electron chi connectivity index (χ1n) is 7.68. The molecule has 4 heteroatoms. The lowest BCUT2D eigenvalue weighted by molar-refractivity contribution is -0.126. The quantitative estimate of drug-likeness (QED) is 0.773. The van der Waals surface area contributed by atoms with Crippen LogP contribution < -0.4 is 10.6 Å². The summed E-state index contributed by atoms with van der Waals surface area (Å²) in [7, 11) is 0. The molecule has 2 aliphatic rings. The SMILES string of the molecule is CCOC1CC(NCC(=O)NC2CCCC2)C1(C)C. The summed E-state index contributed by atoms with van der Waals surface area (Å²) in [6.45, 7) is 7.66. The molecule has 0 aliphatic heterocycles. The highest BCUT2D eigenvalue weighted by Crippen LogP contribution is 2.42. The van der Waals surface area contributed by atoms with E-state index in [0.717, 1.165) is 25.9 Å². The van der Waals surface area contributed by atoms with Crippen LogP contribution in [-0.2, 0) is 9.53 Å². The second kappa shape index (κ2) is 6.23.